The third-order valence-electron chi connectivity index (χ3n) is 0.169. The molecule has 1 saturated heterocycles. The van der Waals surface area contributed by atoms with E-state index in [0.717, 1.165) is 0 Å². The Morgan fingerprint density at radius 2 is 1.75 bits per heavy atom. The predicted octanol–water partition coefficient (Wildman–Crippen LogP) is -0.365. The van der Waals surface area contributed by atoms with Gasteiger partial charge in [0.25, 0.3) is 0 Å². The van der Waals surface area contributed by atoms with Gasteiger partial charge in [0.1, 0.15) is 0 Å². The van der Waals surface area contributed by atoms with Crippen molar-refractivity contribution >= 4 is 9.62 Å². The molecule has 1 aliphatic heterocycles. The minimum Gasteiger partial charge on any atom is -0.244 e. The van der Waals surface area contributed by atoms with Gasteiger partial charge in [-0.2, -0.15) is 0 Å². The van der Waals surface area contributed by atoms with Gasteiger partial charge in [-0.15, -0.1) is 0 Å². The van der Waals surface area contributed by atoms with Crippen molar-refractivity contribution < 1.29 is 13.3 Å². The Morgan fingerprint density at radius 3 is 1.75 bits per heavy atom. The Labute approximate surface area is 24.1 Å². The molecule has 4 heavy (non-hydrogen) atoms. The lowest BCUT2D eigenvalue weighted by molar-refractivity contribution is 0.0850. The van der Waals surface area contributed by atoms with E-state index in [1.807, 2.05) is 0 Å². The monoisotopic (exact) mass is 80.0 g/mol. The largest absolute Gasteiger partial charge is 0.576 e. The Hall–Kier alpha value is 0.0669. The van der Waals surface area contributed by atoms with Gasteiger partial charge in [0.05, 0.1) is 0 Å². The van der Waals surface area contributed by atoms with Crippen LogP contribution in [0.4, 0.5) is 4.11 Å². The molecule has 2 nitrogen and oxygen atoms in total. The molecule has 0 aliphatic carbocycles. The Bertz CT molecular complexity index is 25.2. The molecule has 0 aromatic carbocycles. The van der Waals surface area contributed by atoms with Crippen LogP contribution < -0.4 is 0 Å². The van der Waals surface area contributed by atoms with Crippen molar-refractivity contribution in [3.63, 3.8) is 0 Å². The summed E-state index contributed by atoms with van der Waals surface area (Å²) in [5.41, 5.74) is 0. The van der Waals surface area contributed by atoms with Crippen LogP contribution in [-0.2, 0) is 9.15 Å². The first-order valence-corrected chi connectivity index (χ1v) is 2.24. The second-order valence-corrected chi connectivity index (χ2v) is 1.40. The van der Waals surface area contributed by atoms with Crippen molar-refractivity contribution in [3.8, 4) is 0 Å². The zero-order valence-electron chi connectivity index (χ0n) is 1.77. The molecule has 0 aromatic heterocycles. The van der Waals surface area contributed by atoms with E-state index in [4.69, 9.17) is 0 Å². The van der Waals surface area contributed by atoms with E-state index < -0.39 is 9.62 Å². The van der Waals surface area contributed by atoms with Gasteiger partial charge in [0, 0.05) is 0 Å². The average Bonchev–Trinajstić information content (AvgIpc) is 1.75. The molecule has 1 fully saturated rings. The standard InChI is InChI=1S/FHO2Si/c1-4-2-3-4/h4H. The summed E-state index contributed by atoms with van der Waals surface area (Å²) in [6.07, 6.45) is 0. The maximum atomic E-state index is 10.8. The SMILES string of the molecule is F[SiH]1OO1. The quantitative estimate of drug-likeness (QED) is 0.172. The molecule has 0 atom stereocenters. The fraction of sp³-hybridized carbons (Fsp3) is 0. The van der Waals surface area contributed by atoms with Crippen LogP contribution in [0.25, 0.3) is 0 Å². The highest BCUT2D eigenvalue weighted by atomic mass is 28.4. The molecule has 0 radical (unpaired) electrons. The normalized spacial score (nSPS) is 26.2. The van der Waals surface area contributed by atoms with Crippen molar-refractivity contribution in [2.75, 3.05) is 0 Å². The topological polar surface area (TPSA) is 25.1 Å². The molecule has 24 valence electrons. The summed E-state index contributed by atoms with van der Waals surface area (Å²) in [4.78, 5) is 0. The van der Waals surface area contributed by atoms with Crippen LogP contribution in [0.1, 0.15) is 0 Å². The Kier molecular flexibility index (Phi) is 0.295. The molecule has 4 heteroatoms. The van der Waals surface area contributed by atoms with E-state index >= 15 is 0 Å². The highest BCUT2D eigenvalue weighted by Crippen LogP contribution is 2.04. The van der Waals surface area contributed by atoms with Crippen molar-refractivity contribution in [1.29, 1.82) is 0 Å². The first-order chi connectivity index (χ1) is 1.89. The summed E-state index contributed by atoms with van der Waals surface area (Å²) < 4.78 is 18.2. The summed E-state index contributed by atoms with van der Waals surface area (Å²) in [6.45, 7) is 0. The Balaban J connectivity index is 2.17. The van der Waals surface area contributed by atoms with Crippen LogP contribution in [0.5, 0.6) is 0 Å². The lowest BCUT2D eigenvalue weighted by atomic mass is 15.0. The lowest BCUT2D eigenvalue weighted by Crippen LogP contribution is -1.64. The second kappa shape index (κ2) is 0.510. The van der Waals surface area contributed by atoms with Crippen molar-refractivity contribution in [2.24, 2.45) is 0 Å². The molecule has 0 bridgehead atoms. The summed E-state index contributed by atoms with van der Waals surface area (Å²) in [5, 5.41) is 0. The van der Waals surface area contributed by atoms with Crippen LogP contribution in [-0.4, -0.2) is 9.62 Å². The van der Waals surface area contributed by atoms with E-state index in [1.54, 1.807) is 0 Å². The fourth-order valence-electron chi connectivity index (χ4n) is 0.0210. The van der Waals surface area contributed by atoms with Crippen LogP contribution in [0.15, 0.2) is 0 Å². The van der Waals surface area contributed by atoms with Crippen LogP contribution >= 0.6 is 0 Å². The van der Waals surface area contributed by atoms with Gasteiger partial charge in [-0.25, -0.2) is 13.3 Å². The third-order valence-corrected chi connectivity index (χ3v) is 0.507. The molecule has 1 rings (SSSR count). The maximum Gasteiger partial charge on any atom is 0.576 e. The van der Waals surface area contributed by atoms with Crippen LogP contribution in [0.2, 0.25) is 0 Å². The van der Waals surface area contributed by atoms with E-state index in [1.165, 1.54) is 0 Å². The molecule has 0 spiro atoms. The summed E-state index contributed by atoms with van der Waals surface area (Å²) in [7, 11) is -2.39. The van der Waals surface area contributed by atoms with Crippen molar-refractivity contribution in [3.05, 3.63) is 0 Å². The van der Waals surface area contributed by atoms with E-state index in [-0.39, 0.29) is 0 Å². The highest BCUT2D eigenvalue weighted by molar-refractivity contribution is 6.41. The number of hydrogen-bond acceptors (Lipinski definition) is 2. The zero-order valence-corrected chi connectivity index (χ0v) is 2.93. The van der Waals surface area contributed by atoms with Gasteiger partial charge in [0.2, 0.25) is 0 Å². The van der Waals surface area contributed by atoms with E-state index in [2.05, 4.69) is 9.15 Å². The molecule has 0 amide bonds. The second-order valence-electron chi connectivity index (χ2n) is 0.467. The van der Waals surface area contributed by atoms with Crippen molar-refractivity contribution in [1.82, 2.24) is 0 Å². The molecular formula is HFO2Si. The first-order valence-electron chi connectivity index (χ1n) is 0.856. The van der Waals surface area contributed by atoms with Crippen molar-refractivity contribution in [2.45, 2.75) is 0 Å². The number of hydrogen-bond donors (Lipinski definition) is 0. The molecular weight excluding hydrogens is 79.1 g/mol. The molecule has 0 unspecified atom stereocenters. The maximum absolute atomic E-state index is 10.8. The molecule has 1 heterocycles. The predicted molar refractivity (Wildman–Crippen MR) is 10.4 cm³/mol. The summed E-state index contributed by atoms with van der Waals surface area (Å²) >= 11 is 0. The van der Waals surface area contributed by atoms with Gasteiger partial charge < -0.3 is 0 Å². The molecule has 0 aromatic rings. The lowest BCUT2D eigenvalue weighted by Gasteiger charge is -1.31. The Morgan fingerprint density at radius 1 is 1.50 bits per heavy atom. The molecule has 0 saturated carbocycles. The zero-order chi connectivity index (χ0) is 2.99. The number of rotatable bonds is 0. The minimum absolute atomic E-state index is 2.39. The van der Waals surface area contributed by atoms with Gasteiger partial charge in [0.15, 0.2) is 0 Å². The van der Waals surface area contributed by atoms with Gasteiger partial charge in [-0.3, -0.25) is 0 Å². The average molecular weight is 80.1 g/mol. The highest BCUT2D eigenvalue weighted by Gasteiger charge is 2.29. The van der Waals surface area contributed by atoms with Gasteiger partial charge in [-0.1, -0.05) is 0 Å². The summed E-state index contributed by atoms with van der Waals surface area (Å²) in [5.74, 6) is 0. The van der Waals surface area contributed by atoms with E-state index in [0.29, 0.717) is 0 Å². The smallest absolute Gasteiger partial charge is 0.244 e. The minimum atomic E-state index is -2.39. The summed E-state index contributed by atoms with van der Waals surface area (Å²) in [6, 6.07) is 0. The molecule has 0 N–H and O–H groups in total. The van der Waals surface area contributed by atoms with Gasteiger partial charge in [-0.05, 0) is 0 Å². The van der Waals surface area contributed by atoms with Gasteiger partial charge >= 0.3 is 9.62 Å². The van der Waals surface area contributed by atoms with E-state index in [9.17, 15) is 4.11 Å². The fourth-order valence-corrected chi connectivity index (χ4v) is 0.189. The first kappa shape index (κ1) is 2.31. The molecule has 1 aliphatic rings. The number of halogens is 1. The van der Waals surface area contributed by atoms with Crippen LogP contribution in [0, 0.1) is 0 Å². The van der Waals surface area contributed by atoms with Crippen LogP contribution in [0.3, 0.4) is 0 Å². The third kappa shape index (κ3) is 0.250.